The lowest BCUT2D eigenvalue weighted by Gasteiger charge is -2.22. The van der Waals surface area contributed by atoms with E-state index in [2.05, 4.69) is 10.3 Å². The number of carboxylic acid groups (broad SMARTS) is 1. The van der Waals surface area contributed by atoms with Crippen LogP contribution in [-0.2, 0) is 4.74 Å². The topological polar surface area (TPSA) is 71.5 Å². The minimum atomic E-state index is -0.999. The summed E-state index contributed by atoms with van der Waals surface area (Å²) in [6.07, 6.45) is 3.71. The molecule has 17 heavy (non-hydrogen) atoms. The number of aromatic nitrogens is 1. The summed E-state index contributed by atoms with van der Waals surface area (Å²) in [6, 6.07) is 3.25. The second-order valence-corrected chi connectivity index (χ2v) is 4.17. The fourth-order valence-electron chi connectivity index (χ4n) is 1.84. The second kappa shape index (κ2) is 5.63. The molecule has 92 valence electrons. The molecule has 2 rings (SSSR count). The van der Waals surface area contributed by atoms with Crippen LogP contribution in [0.2, 0.25) is 0 Å². The van der Waals surface area contributed by atoms with Crippen LogP contribution in [0.3, 0.4) is 0 Å². The smallest absolute Gasteiger partial charge is 0.354 e. The highest BCUT2D eigenvalue weighted by atomic mass is 16.5. The van der Waals surface area contributed by atoms with E-state index in [0.717, 1.165) is 38.3 Å². The average molecular weight is 236 g/mol. The van der Waals surface area contributed by atoms with Gasteiger partial charge in [-0.15, -0.1) is 0 Å². The minimum absolute atomic E-state index is 0.0709. The van der Waals surface area contributed by atoms with Crippen molar-refractivity contribution in [3.05, 3.63) is 24.0 Å². The Balaban J connectivity index is 1.84. The normalized spacial score (nSPS) is 16.7. The lowest BCUT2D eigenvalue weighted by molar-refractivity contribution is 0.0688. The Labute approximate surface area is 99.8 Å². The van der Waals surface area contributed by atoms with E-state index < -0.39 is 5.97 Å². The lowest BCUT2D eigenvalue weighted by atomic mass is 10.0. The molecule has 0 bridgehead atoms. The number of aromatic carboxylic acids is 1. The highest BCUT2D eigenvalue weighted by Gasteiger charge is 2.13. The summed E-state index contributed by atoms with van der Waals surface area (Å²) in [5, 5.41) is 12.0. The molecule has 0 spiro atoms. The van der Waals surface area contributed by atoms with Crippen LogP contribution in [-0.4, -0.2) is 35.8 Å². The number of rotatable bonds is 4. The summed E-state index contributed by atoms with van der Waals surface area (Å²) < 4.78 is 5.29. The van der Waals surface area contributed by atoms with Gasteiger partial charge in [-0.25, -0.2) is 9.78 Å². The Kier molecular flexibility index (Phi) is 3.93. The van der Waals surface area contributed by atoms with Crippen molar-refractivity contribution in [2.75, 3.05) is 25.1 Å². The molecular formula is C12H16N2O3. The number of hydrogen-bond acceptors (Lipinski definition) is 4. The van der Waals surface area contributed by atoms with Gasteiger partial charge in [0.05, 0.1) is 11.9 Å². The van der Waals surface area contributed by atoms with Crippen LogP contribution in [0.15, 0.2) is 18.3 Å². The van der Waals surface area contributed by atoms with E-state index in [1.807, 2.05) is 0 Å². The lowest BCUT2D eigenvalue weighted by Crippen LogP contribution is -2.22. The van der Waals surface area contributed by atoms with Gasteiger partial charge in [0.1, 0.15) is 5.69 Å². The van der Waals surface area contributed by atoms with Gasteiger partial charge in [-0.3, -0.25) is 0 Å². The molecule has 0 radical (unpaired) electrons. The molecule has 1 saturated heterocycles. The molecule has 0 unspecified atom stereocenters. The Morgan fingerprint density at radius 2 is 2.24 bits per heavy atom. The second-order valence-electron chi connectivity index (χ2n) is 4.17. The van der Waals surface area contributed by atoms with E-state index in [9.17, 15) is 4.79 Å². The molecule has 1 aromatic rings. The quantitative estimate of drug-likeness (QED) is 0.831. The summed E-state index contributed by atoms with van der Waals surface area (Å²) in [6.45, 7) is 2.56. The van der Waals surface area contributed by atoms with Crippen molar-refractivity contribution in [2.45, 2.75) is 12.8 Å². The third-order valence-electron chi connectivity index (χ3n) is 2.92. The maximum absolute atomic E-state index is 10.6. The number of anilines is 1. The van der Waals surface area contributed by atoms with Gasteiger partial charge < -0.3 is 15.2 Å². The number of pyridine rings is 1. The van der Waals surface area contributed by atoms with Crippen LogP contribution >= 0.6 is 0 Å². The summed E-state index contributed by atoms with van der Waals surface area (Å²) in [5.74, 6) is -0.371. The molecular weight excluding hydrogens is 220 g/mol. The SMILES string of the molecule is O=C(O)c1ccc(NCC2CCOCC2)cn1. The van der Waals surface area contributed by atoms with Crippen molar-refractivity contribution in [1.82, 2.24) is 4.98 Å². The third-order valence-corrected chi connectivity index (χ3v) is 2.92. The van der Waals surface area contributed by atoms with E-state index in [-0.39, 0.29) is 5.69 Å². The minimum Gasteiger partial charge on any atom is -0.477 e. The van der Waals surface area contributed by atoms with Crippen molar-refractivity contribution in [3.8, 4) is 0 Å². The van der Waals surface area contributed by atoms with Crippen molar-refractivity contribution in [3.63, 3.8) is 0 Å². The number of hydrogen-bond donors (Lipinski definition) is 2. The Morgan fingerprint density at radius 1 is 1.47 bits per heavy atom. The largest absolute Gasteiger partial charge is 0.477 e. The van der Waals surface area contributed by atoms with Crippen LogP contribution in [0.25, 0.3) is 0 Å². The van der Waals surface area contributed by atoms with Crippen molar-refractivity contribution in [2.24, 2.45) is 5.92 Å². The molecule has 5 heteroatoms. The van der Waals surface area contributed by atoms with Gasteiger partial charge in [-0.05, 0) is 30.9 Å². The first-order chi connectivity index (χ1) is 8.25. The van der Waals surface area contributed by atoms with Gasteiger partial charge in [0, 0.05) is 19.8 Å². The monoisotopic (exact) mass is 236 g/mol. The Bertz CT molecular complexity index is 372. The zero-order chi connectivity index (χ0) is 12.1. The summed E-state index contributed by atoms with van der Waals surface area (Å²) in [4.78, 5) is 14.5. The highest BCUT2D eigenvalue weighted by Crippen LogP contribution is 2.15. The first-order valence-electron chi connectivity index (χ1n) is 5.76. The van der Waals surface area contributed by atoms with Crippen molar-refractivity contribution >= 4 is 11.7 Å². The fourth-order valence-corrected chi connectivity index (χ4v) is 1.84. The van der Waals surface area contributed by atoms with Crippen LogP contribution in [0.5, 0.6) is 0 Å². The summed E-state index contributed by atoms with van der Waals surface area (Å²) >= 11 is 0. The molecule has 5 nitrogen and oxygen atoms in total. The van der Waals surface area contributed by atoms with Gasteiger partial charge in [0.25, 0.3) is 0 Å². The Morgan fingerprint density at radius 3 is 2.82 bits per heavy atom. The molecule has 1 aliphatic rings. The zero-order valence-electron chi connectivity index (χ0n) is 9.56. The number of nitrogens with zero attached hydrogens (tertiary/aromatic N) is 1. The molecule has 1 aliphatic heterocycles. The number of carbonyl (C=O) groups is 1. The maximum Gasteiger partial charge on any atom is 0.354 e. The maximum atomic E-state index is 10.6. The number of ether oxygens (including phenoxy) is 1. The van der Waals surface area contributed by atoms with Gasteiger partial charge >= 0.3 is 5.97 Å². The molecule has 0 atom stereocenters. The standard InChI is InChI=1S/C12H16N2O3/c15-12(16)11-2-1-10(8-14-11)13-7-9-3-5-17-6-4-9/h1-2,8-9,13H,3-7H2,(H,15,16). The van der Waals surface area contributed by atoms with Crippen LogP contribution in [0, 0.1) is 5.92 Å². The molecule has 2 N–H and O–H groups in total. The highest BCUT2D eigenvalue weighted by molar-refractivity contribution is 5.85. The van der Waals surface area contributed by atoms with E-state index in [1.54, 1.807) is 12.3 Å². The van der Waals surface area contributed by atoms with Gasteiger partial charge in [-0.1, -0.05) is 0 Å². The van der Waals surface area contributed by atoms with Crippen LogP contribution in [0.1, 0.15) is 23.3 Å². The van der Waals surface area contributed by atoms with Crippen molar-refractivity contribution < 1.29 is 14.6 Å². The summed E-state index contributed by atoms with van der Waals surface area (Å²) in [5.41, 5.74) is 0.933. The molecule has 0 aliphatic carbocycles. The van der Waals surface area contributed by atoms with Crippen LogP contribution in [0.4, 0.5) is 5.69 Å². The summed E-state index contributed by atoms with van der Waals surface area (Å²) in [7, 11) is 0. The van der Waals surface area contributed by atoms with E-state index in [1.165, 1.54) is 6.07 Å². The molecule has 0 saturated carbocycles. The third kappa shape index (κ3) is 3.42. The van der Waals surface area contributed by atoms with E-state index >= 15 is 0 Å². The van der Waals surface area contributed by atoms with Gasteiger partial charge in [0.2, 0.25) is 0 Å². The first kappa shape index (κ1) is 11.9. The van der Waals surface area contributed by atoms with Gasteiger partial charge in [-0.2, -0.15) is 0 Å². The predicted molar refractivity (Wildman–Crippen MR) is 63.2 cm³/mol. The zero-order valence-corrected chi connectivity index (χ0v) is 9.56. The first-order valence-corrected chi connectivity index (χ1v) is 5.76. The Hall–Kier alpha value is -1.62. The number of carboxylic acids is 1. The molecule has 2 heterocycles. The fraction of sp³-hybridized carbons (Fsp3) is 0.500. The van der Waals surface area contributed by atoms with Gasteiger partial charge in [0.15, 0.2) is 0 Å². The molecule has 0 amide bonds. The molecule has 1 aromatic heterocycles. The molecule has 0 aromatic carbocycles. The van der Waals surface area contributed by atoms with E-state index in [4.69, 9.17) is 9.84 Å². The number of nitrogens with one attached hydrogen (secondary N) is 1. The van der Waals surface area contributed by atoms with Crippen molar-refractivity contribution in [1.29, 1.82) is 0 Å². The average Bonchev–Trinajstić information content (AvgIpc) is 2.38. The molecule has 1 fully saturated rings. The van der Waals surface area contributed by atoms with Crippen LogP contribution < -0.4 is 5.32 Å². The van der Waals surface area contributed by atoms with E-state index in [0.29, 0.717) is 5.92 Å². The predicted octanol–water partition coefficient (Wildman–Crippen LogP) is 1.62.